The molecule has 0 saturated carbocycles. The molecule has 0 aliphatic heterocycles. The van der Waals surface area contributed by atoms with Crippen molar-refractivity contribution in [3.05, 3.63) is 135 Å². The number of nitrogens with one attached hydrogen (secondary N) is 1. The molecule has 0 atom stereocenters. The molecule has 208 valence electrons. The maximum atomic E-state index is 12.4. The van der Waals surface area contributed by atoms with E-state index in [0.717, 1.165) is 16.8 Å². The number of benzene rings is 3. The average molecular weight is 588 g/mol. The van der Waals surface area contributed by atoms with Crippen molar-refractivity contribution >= 4 is 35.3 Å². The van der Waals surface area contributed by atoms with Gasteiger partial charge in [-0.05, 0) is 104 Å². The van der Waals surface area contributed by atoms with Crippen LogP contribution in [0.3, 0.4) is 0 Å². The normalized spacial score (nSPS) is 11.1. The van der Waals surface area contributed by atoms with Crippen molar-refractivity contribution in [2.75, 3.05) is 0 Å². The minimum absolute atomic E-state index is 0.138. The van der Waals surface area contributed by atoms with Gasteiger partial charge in [-0.3, -0.25) is 4.79 Å². The van der Waals surface area contributed by atoms with Gasteiger partial charge in [-0.2, -0.15) is 5.10 Å². The molecule has 1 N–H and O–H groups in total. The monoisotopic (exact) mass is 587 g/mol. The Labute approximate surface area is 247 Å². The number of hydrazone groups is 1. The molecular weight excluding hydrogens is 561 g/mol. The summed E-state index contributed by atoms with van der Waals surface area (Å²) in [6.45, 7) is 4.65. The fourth-order valence-corrected chi connectivity index (χ4v) is 4.63. The molecule has 0 aliphatic carbocycles. The van der Waals surface area contributed by atoms with Gasteiger partial charge in [-0.1, -0.05) is 29.3 Å². The van der Waals surface area contributed by atoms with Crippen molar-refractivity contribution in [2.45, 2.75) is 27.1 Å². The van der Waals surface area contributed by atoms with Crippen LogP contribution in [0.25, 0.3) is 5.69 Å². The Kier molecular flexibility index (Phi) is 8.77. The van der Waals surface area contributed by atoms with Crippen LogP contribution in [-0.4, -0.2) is 16.7 Å². The molecule has 5 rings (SSSR count). The first-order chi connectivity index (χ1) is 19.9. The molecule has 3 aromatic carbocycles. The van der Waals surface area contributed by atoms with Crippen LogP contribution in [0.1, 0.15) is 38.8 Å². The van der Waals surface area contributed by atoms with Gasteiger partial charge in [0.15, 0.2) is 5.76 Å². The Balaban J connectivity index is 1.08. The maximum Gasteiger partial charge on any atom is 0.307 e. The van der Waals surface area contributed by atoms with Crippen LogP contribution in [0.15, 0.2) is 101 Å². The van der Waals surface area contributed by atoms with Gasteiger partial charge in [-0.15, -0.1) is 0 Å². The van der Waals surface area contributed by atoms with Gasteiger partial charge >= 0.3 is 5.91 Å². The smallest absolute Gasteiger partial charge is 0.307 e. The van der Waals surface area contributed by atoms with Crippen molar-refractivity contribution in [1.29, 1.82) is 0 Å². The number of halogens is 2. The Morgan fingerprint density at radius 2 is 1.51 bits per heavy atom. The van der Waals surface area contributed by atoms with Crippen LogP contribution in [-0.2, 0) is 13.2 Å². The first kappa shape index (κ1) is 28.1. The van der Waals surface area contributed by atoms with E-state index in [1.165, 1.54) is 17.6 Å². The van der Waals surface area contributed by atoms with Crippen molar-refractivity contribution in [1.82, 2.24) is 9.99 Å². The minimum Gasteiger partial charge on any atom is -0.489 e. The van der Waals surface area contributed by atoms with E-state index in [-0.39, 0.29) is 12.4 Å². The number of aromatic nitrogens is 1. The molecule has 0 bridgehead atoms. The second-order valence-electron chi connectivity index (χ2n) is 9.29. The molecule has 5 aromatic rings. The molecule has 7 nitrogen and oxygen atoms in total. The average Bonchev–Trinajstić information content (AvgIpc) is 3.58. The highest BCUT2D eigenvalue weighted by molar-refractivity contribution is 6.35. The number of hydrogen-bond donors (Lipinski definition) is 1. The lowest BCUT2D eigenvalue weighted by molar-refractivity contribution is 0.0923. The summed E-state index contributed by atoms with van der Waals surface area (Å²) in [5, 5.41) is 5.15. The summed E-state index contributed by atoms with van der Waals surface area (Å²) in [5.74, 6) is 1.57. The van der Waals surface area contributed by atoms with Gasteiger partial charge < -0.3 is 18.5 Å². The van der Waals surface area contributed by atoms with Crippen LogP contribution in [0.5, 0.6) is 11.5 Å². The van der Waals surface area contributed by atoms with Gasteiger partial charge in [0.25, 0.3) is 0 Å². The highest BCUT2D eigenvalue weighted by atomic mass is 35.5. The predicted octanol–water partition coefficient (Wildman–Crippen LogP) is 7.92. The van der Waals surface area contributed by atoms with Gasteiger partial charge in [0.1, 0.15) is 30.5 Å². The highest BCUT2D eigenvalue weighted by Crippen LogP contribution is 2.23. The number of rotatable bonds is 10. The summed E-state index contributed by atoms with van der Waals surface area (Å²) in [5.41, 5.74) is 7.50. The zero-order chi connectivity index (χ0) is 28.8. The molecule has 1 amide bonds. The molecule has 0 fully saturated rings. The third-order valence-electron chi connectivity index (χ3n) is 6.30. The van der Waals surface area contributed by atoms with Crippen LogP contribution in [0.2, 0.25) is 10.0 Å². The van der Waals surface area contributed by atoms with E-state index in [0.29, 0.717) is 33.9 Å². The SMILES string of the molecule is Cc1ccc(C)n1-c1ccc(OCc2ccc(C(=O)N/N=C/c3ccc(OCc4ccc(Cl)cc4Cl)cc3)o2)cc1. The number of nitrogens with zero attached hydrogens (tertiary/aromatic N) is 2. The van der Waals surface area contributed by atoms with Gasteiger partial charge in [0.2, 0.25) is 0 Å². The molecule has 0 aliphatic rings. The second-order valence-corrected chi connectivity index (χ2v) is 10.1. The number of amides is 1. The molecule has 2 aromatic heterocycles. The number of carbonyl (C=O) groups is 1. The maximum absolute atomic E-state index is 12.4. The summed E-state index contributed by atoms with van der Waals surface area (Å²) in [4.78, 5) is 12.4. The third-order valence-corrected chi connectivity index (χ3v) is 6.89. The Morgan fingerprint density at radius 1 is 0.854 bits per heavy atom. The lowest BCUT2D eigenvalue weighted by Gasteiger charge is -2.10. The highest BCUT2D eigenvalue weighted by Gasteiger charge is 2.11. The summed E-state index contributed by atoms with van der Waals surface area (Å²) in [7, 11) is 0. The fraction of sp³-hybridized carbons (Fsp3) is 0.125. The van der Waals surface area contributed by atoms with Crippen LogP contribution in [0.4, 0.5) is 0 Å². The number of ether oxygens (including phenoxy) is 2. The summed E-state index contributed by atoms with van der Waals surface area (Å²) in [6, 6.07) is 27.8. The molecular formula is C32H27Cl2N3O4. The molecule has 0 saturated heterocycles. The quantitative estimate of drug-likeness (QED) is 0.133. The molecule has 0 radical (unpaired) electrons. The summed E-state index contributed by atoms with van der Waals surface area (Å²) >= 11 is 12.1. The Morgan fingerprint density at radius 3 is 2.20 bits per heavy atom. The van der Waals surface area contributed by atoms with Crippen molar-refractivity contribution in [3.63, 3.8) is 0 Å². The van der Waals surface area contributed by atoms with Crippen LogP contribution in [0, 0.1) is 13.8 Å². The summed E-state index contributed by atoms with van der Waals surface area (Å²) in [6.07, 6.45) is 1.53. The van der Waals surface area contributed by atoms with E-state index in [1.54, 1.807) is 24.3 Å². The standard InChI is InChI=1S/C32H27Cl2N3O4/c1-21-3-4-22(2)37(21)26-9-13-28(14-10-26)40-20-29-15-16-31(41-29)32(38)36-35-18-23-5-11-27(12-6-23)39-19-24-7-8-25(33)17-30(24)34/h3-18H,19-20H2,1-2H3,(H,36,38)/b35-18+. The van der Waals surface area contributed by atoms with E-state index in [4.69, 9.17) is 37.1 Å². The zero-order valence-corrected chi connectivity index (χ0v) is 23.9. The van der Waals surface area contributed by atoms with E-state index >= 15 is 0 Å². The number of aryl methyl sites for hydroxylation is 2. The molecule has 0 unspecified atom stereocenters. The Bertz CT molecular complexity index is 1650. The molecule has 0 spiro atoms. The van der Waals surface area contributed by atoms with E-state index in [9.17, 15) is 4.79 Å². The van der Waals surface area contributed by atoms with Crippen LogP contribution < -0.4 is 14.9 Å². The van der Waals surface area contributed by atoms with Gasteiger partial charge in [0, 0.05) is 32.7 Å². The largest absolute Gasteiger partial charge is 0.489 e. The molecule has 9 heteroatoms. The van der Waals surface area contributed by atoms with Crippen molar-refractivity contribution in [3.8, 4) is 17.2 Å². The topological polar surface area (TPSA) is 78.0 Å². The van der Waals surface area contributed by atoms with Crippen molar-refractivity contribution in [2.24, 2.45) is 5.10 Å². The van der Waals surface area contributed by atoms with E-state index in [2.05, 4.69) is 41.1 Å². The fourth-order valence-electron chi connectivity index (χ4n) is 4.17. The zero-order valence-electron chi connectivity index (χ0n) is 22.4. The van der Waals surface area contributed by atoms with E-state index < -0.39 is 5.91 Å². The lowest BCUT2D eigenvalue weighted by atomic mass is 10.2. The van der Waals surface area contributed by atoms with Crippen molar-refractivity contribution < 1.29 is 18.7 Å². The summed E-state index contributed by atoms with van der Waals surface area (Å²) < 4.78 is 19.4. The van der Waals surface area contributed by atoms with Gasteiger partial charge in [0.05, 0.1) is 6.21 Å². The molecule has 2 heterocycles. The molecule has 41 heavy (non-hydrogen) atoms. The minimum atomic E-state index is -0.464. The first-order valence-corrected chi connectivity index (χ1v) is 13.6. The number of hydrogen-bond acceptors (Lipinski definition) is 5. The van der Waals surface area contributed by atoms with Crippen LogP contribution >= 0.6 is 23.2 Å². The lowest BCUT2D eigenvalue weighted by Crippen LogP contribution is -2.16. The second kappa shape index (κ2) is 12.8. The number of furan rings is 1. The Hall–Kier alpha value is -4.46. The number of carbonyl (C=O) groups excluding carboxylic acids is 1. The van der Waals surface area contributed by atoms with E-state index in [1.807, 2.05) is 54.6 Å². The predicted molar refractivity (Wildman–Crippen MR) is 161 cm³/mol. The third kappa shape index (κ3) is 7.20. The van der Waals surface area contributed by atoms with Gasteiger partial charge in [-0.25, -0.2) is 5.43 Å². The first-order valence-electron chi connectivity index (χ1n) is 12.8.